The summed E-state index contributed by atoms with van der Waals surface area (Å²) in [6.45, 7) is 2.09. The molecule has 1 nitrogen and oxygen atoms in total. The van der Waals surface area contributed by atoms with Gasteiger partial charge < -0.3 is 0 Å². The number of rotatable bonds is 2. The van der Waals surface area contributed by atoms with Gasteiger partial charge in [0.15, 0.2) is 0 Å². The first-order chi connectivity index (χ1) is 5.74. The molecule has 0 saturated heterocycles. The molecule has 1 aromatic rings. The molecule has 0 aliphatic heterocycles. The zero-order valence-electron chi connectivity index (χ0n) is 6.97. The molecular weight excluding hydrogens is 261 g/mol. The molecule has 0 aliphatic rings. The van der Waals surface area contributed by atoms with Gasteiger partial charge in [-0.1, -0.05) is 6.07 Å². The molecule has 0 heterocycles. The fourth-order valence-corrected chi connectivity index (χ4v) is 1.78. The van der Waals surface area contributed by atoms with E-state index in [1.54, 1.807) is 0 Å². The Bertz CT molecular complexity index is 312. The Balaban J connectivity index is 2.81. The van der Waals surface area contributed by atoms with Crippen LogP contribution in [0.5, 0.6) is 0 Å². The van der Waals surface area contributed by atoms with Crippen molar-refractivity contribution in [3.63, 3.8) is 0 Å². The maximum atomic E-state index is 8.42. The molecule has 1 aromatic carbocycles. The normalized spacial score (nSPS) is 9.42. The van der Waals surface area contributed by atoms with Gasteiger partial charge >= 0.3 is 0 Å². The third-order valence-corrected chi connectivity index (χ3v) is 2.48. The van der Waals surface area contributed by atoms with Gasteiger partial charge in [-0.05, 0) is 59.2 Å². The standard InChI is InChI=1S/C10H10IN/c1-8-7-10(11)5-4-9(8)3-2-6-12/h4-5,7H,2-3H2,1H3. The van der Waals surface area contributed by atoms with E-state index in [-0.39, 0.29) is 0 Å². The van der Waals surface area contributed by atoms with Gasteiger partial charge in [-0.3, -0.25) is 0 Å². The molecule has 0 spiro atoms. The molecular formula is C10H10IN. The second-order valence-corrected chi connectivity index (χ2v) is 3.97. The topological polar surface area (TPSA) is 23.8 Å². The molecule has 12 heavy (non-hydrogen) atoms. The van der Waals surface area contributed by atoms with Crippen molar-refractivity contribution in [1.29, 1.82) is 5.26 Å². The molecule has 0 amide bonds. The zero-order valence-corrected chi connectivity index (χ0v) is 9.13. The average molecular weight is 271 g/mol. The van der Waals surface area contributed by atoms with Gasteiger partial charge in [-0.15, -0.1) is 0 Å². The SMILES string of the molecule is Cc1cc(I)ccc1CCC#N. The molecule has 0 saturated carbocycles. The predicted molar refractivity (Wildman–Crippen MR) is 57.8 cm³/mol. The van der Waals surface area contributed by atoms with Crippen molar-refractivity contribution >= 4 is 22.6 Å². The number of benzene rings is 1. The Labute approximate surface area is 86.5 Å². The van der Waals surface area contributed by atoms with Crippen LogP contribution in [0.1, 0.15) is 17.5 Å². The third kappa shape index (κ3) is 2.49. The maximum absolute atomic E-state index is 8.42. The van der Waals surface area contributed by atoms with E-state index in [9.17, 15) is 0 Å². The van der Waals surface area contributed by atoms with Crippen LogP contribution in [0.25, 0.3) is 0 Å². The van der Waals surface area contributed by atoms with Crippen LogP contribution < -0.4 is 0 Å². The van der Waals surface area contributed by atoms with Crippen molar-refractivity contribution in [3.8, 4) is 6.07 Å². The zero-order chi connectivity index (χ0) is 8.97. The molecule has 0 bridgehead atoms. The lowest BCUT2D eigenvalue weighted by Crippen LogP contribution is -1.89. The molecule has 0 atom stereocenters. The number of nitriles is 1. The number of hydrogen-bond donors (Lipinski definition) is 0. The van der Waals surface area contributed by atoms with Crippen molar-refractivity contribution in [1.82, 2.24) is 0 Å². The van der Waals surface area contributed by atoms with Crippen molar-refractivity contribution in [2.75, 3.05) is 0 Å². The van der Waals surface area contributed by atoms with E-state index in [0.717, 1.165) is 6.42 Å². The van der Waals surface area contributed by atoms with Gasteiger partial charge in [0.25, 0.3) is 0 Å². The molecule has 0 unspecified atom stereocenters. The monoisotopic (exact) mass is 271 g/mol. The summed E-state index contributed by atoms with van der Waals surface area (Å²) in [6.07, 6.45) is 1.49. The van der Waals surface area contributed by atoms with Crippen LogP contribution >= 0.6 is 22.6 Å². The Morgan fingerprint density at radius 1 is 1.50 bits per heavy atom. The van der Waals surface area contributed by atoms with Crippen molar-refractivity contribution < 1.29 is 0 Å². The van der Waals surface area contributed by atoms with E-state index < -0.39 is 0 Å². The molecule has 1 rings (SSSR count). The second kappa shape index (κ2) is 4.46. The largest absolute Gasteiger partial charge is 0.198 e. The number of halogens is 1. The summed E-state index contributed by atoms with van der Waals surface area (Å²) in [7, 11) is 0. The summed E-state index contributed by atoms with van der Waals surface area (Å²) in [6, 6.07) is 8.49. The van der Waals surface area contributed by atoms with Gasteiger partial charge in [0.1, 0.15) is 0 Å². The van der Waals surface area contributed by atoms with Crippen molar-refractivity contribution in [2.24, 2.45) is 0 Å². The Kier molecular flexibility index (Phi) is 3.54. The lowest BCUT2D eigenvalue weighted by molar-refractivity contribution is 0.995. The first-order valence-corrected chi connectivity index (χ1v) is 4.94. The van der Waals surface area contributed by atoms with Crippen LogP contribution in [0.2, 0.25) is 0 Å². The number of aryl methyl sites for hydroxylation is 2. The van der Waals surface area contributed by atoms with E-state index in [1.807, 2.05) is 0 Å². The van der Waals surface area contributed by atoms with Crippen LogP contribution in [-0.4, -0.2) is 0 Å². The van der Waals surface area contributed by atoms with Crippen LogP contribution in [0, 0.1) is 21.8 Å². The Morgan fingerprint density at radius 2 is 2.25 bits per heavy atom. The highest BCUT2D eigenvalue weighted by Crippen LogP contribution is 2.14. The number of nitrogens with zero attached hydrogens (tertiary/aromatic N) is 1. The first kappa shape index (κ1) is 9.53. The van der Waals surface area contributed by atoms with Gasteiger partial charge in [0, 0.05) is 9.99 Å². The van der Waals surface area contributed by atoms with Crippen LogP contribution in [-0.2, 0) is 6.42 Å². The molecule has 0 aliphatic carbocycles. The predicted octanol–water partition coefficient (Wildman–Crippen LogP) is 3.06. The highest BCUT2D eigenvalue weighted by atomic mass is 127. The van der Waals surface area contributed by atoms with Crippen molar-refractivity contribution in [3.05, 3.63) is 32.9 Å². The summed E-state index contributed by atoms with van der Waals surface area (Å²) >= 11 is 2.29. The van der Waals surface area contributed by atoms with Crippen LogP contribution in [0.15, 0.2) is 18.2 Å². The highest BCUT2D eigenvalue weighted by Gasteiger charge is 1.97. The molecule has 2 heteroatoms. The molecule has 0 fully saturated rings. The average Bonchev–Trinajstić information content (AvgIpc) is 2.03. The summed E-state index contributed by atoms with van der Waals surface area (Å²) < 4.78 is 1.26. The van der Waals surface area contributed by atoms with E-state index in [2.05, 4.69) is 53.8 Å². The lowest BCUT2D eigenvalue weighted by atomic mass is 10.0. The van der Waals surface area contributed by atoms with Gasteiger partial charge in [0.05, 0.1) is 6.07 Å². The fourth-order valence-electron chi connectivity index (χ4n) is 1.13. The Hall–Kier alpha value is -0.560. The van der Waals surface area contributed by atoms with Crippen molar-refractivity contribution in [2.45, 2.75) is 19.8 Å². The van der Waals surface area contributed by atoms with E-state index in [0.29, 0.717) is 6.42 Å². The van der Waals surface area contributed by atoms with Crippen LogP contribution in [0.3, 0.4) is 0 Å². The molecule has 0 radical (unpaired) electrons. The minimum absolute atomic E-state index is 0.613. The molecule has 0 N–H and O–H groups in total. The lowest BCUT2D eigenvalue weighted by Gasteiger charge is -2.02. The summed E-state index contributed by atoms with van der Waals surface area (Å²) in [4.78, 5) is 0. The molecule has 0 aromatic heterocycles. The quantitative estimate of drug-likeness (QED) is 0.758. The van der Waals surface area contributed by atoms with Gasteiger partial charge in [-0.2, -0.15) is 5.26 Å². The second-order valence-electron chi connectivity index (χ2n) is 2.73. The van der Waals surface area contributed by atoms with Gasteiger partial charge in [-0.25, -0.2) is 0 Å². The van der Waals surface area contributed by atoms with Crippen LogP contribution in [0.4, 0.5) is 0 Å². The highest BCUT2D eigenvalue weighted by molar-refractivity contribution is 14.1. The summed E-state index contributed by atoms with van der Waals surface area (Å²) in [5.74, 6) is 0. The third-order valence-electron chi connectivity index (χ3n) is 1.81. The van der Waals surface area contributed by atoms with E-state index in [4.69, 9.17) is 5.26 Å². The summed E-state index contributed by atoms with van der Waals surface area (Å²) in [5, 5.41) is 8.42. The summed E-state index contributed by atoms with van der Waals surface area (Å²) in [5.41, 5.74) is 2.58. The number of hydrogen-bond acceptors (Lipinski definition) is 1. The molecule has 62 valence electrons. The maximum Gasteiger partial charge on any atom is 0.0625 e. The Morgan fingerprint density at radius 3 is 2.83 bits per heavy atom. The fraction of sp³-hybridized carbons (Fsp3) is 0.300. The first-order valence-electron chi connectivity index (χ1n) is 3.86. The smallest absolute Gasteiger partial charge is 0.0625 e. The van der Waals surface area contributed by atoms with E-state index in [1.165, 1.54) is 14.7 Å². The van der Waals surface area contributed by atoms with Gasteiger partial charge in [0.2, 0.25) is 0 Å². The minimum atomic E-state index is 0.613. The van der Waals surface area contributed by atoms with E-state index >= 15 is 0 Å². The minimum Gasteiger partial charge on any atom is -0.198 e.